The summed E-state index contributed by atoms with van der Waals surface area (Å²) in [5.74, 6) is 0.795. The van der Waals surface area contributed by atoms with Gasteiger partial charge >= 0.3 is 6.01 Å². The first-order chi connectivity index (χ1) is 9.79. The highest BCUT2D eigenvalue weighted by molar-refractivity contribution is 6.03. The van der Waals surface area contributed by atoms with Gasteiger partial charge in [-0.3, -0.25) is 10.1 Å². The van der Waals surface area contributed by atoms with Crippen molar-refractivity contribution in [1.82, 2.24) is 15.5 Å². The van der Waals surface area contributed by atoms with Gasteiger partial charge in [0.25, 0.3) is 5.91 Å². The molecule has 1 saturated carbocycles. The van der Waals surface area contributed by atoms with E-state index in [1.807, 2.05) is 18.2 Å². The van der Waals surface area contributed by atoms with E-state index in [4.69, 9.17) is 4.42 Å². The molecular weight excluding hydrogens is 256 g/mol. The van der Waals surface area contributed by atoms with Crippen molar-refractivity contribution in [2.45, 2.75) is 31.8 Å². The van der Waals surface area contributed by atoms with Crippen molar-refractivity contribution in [3.05, 3.63) is 40.8 Å². The van der Waals surface area contributed by atoms with Crippen LogP contribution in [0.4, 0.5) is 6.01 Å². The molecule has 1 fully saturated rings. The Morgan fingerprint density at radius 2 is 2.10 bits per heavy atom. The molecule has 0 atom stereocenters. The number of anilines is 1. The third kappa shape index (κ3) is 2.08. The second kappa shape index (κ2) is 4.42. The van der Waals surface area contributed by atoms with Crippen molar-refractivity contribution < 1.29 is 9.21 Å². The summed E-state index contributed by atoms with van der Waals surface area (Å²) in [6.45, 7) is 1.68. The van der Waals surface area contributed by atoms with Gasteiger partial charge < -0.3 is 9.73 Å². The van der Waals surface area contributed by atoms with E-state index < -0.39 is 0 Å². The van der Waals surface area contributed by atoms with Crippen molar-refractivity contribution in [2.24, 2.45) is 0 Å². The van der Waals surface area contributed by atoms with Gasteiger partial charge in [0.1, 0.15) is 0 Å². The molecule has 1 aliphatic heterocycles. The highest BCUT2D eigenvalue weighted by Crippen LogP contribution is 2.39. The maximum Gasteiger partial charge on any atom is 0.322 e. The first-order valence-electron chi connectivity index (χ1n) is 6.77. The van der Waals surface area contributed by atoms with Gasteiger partial charge in [0.15, 0.2) is 0 Å². The van der Waals surface area contributed by atoms with Crippen molar-refractivity contribution >= 4 is 11.9 Å². The van der Waals surface area contributed by atoms with E-state index in [0.29, 0.717) is 17.4 Å². The van der Waals surface area contributed by atoms with Crippen molar-refractivity contribution in [3.63, 3.8) is 0 Å². The topological polar surface area (TPSA) is 80.1 Å². The quantitative estimate of drug-likeness (QED) is 0.889. The Hall–Kier alpha value is -2.21. The predicted molar refractivity (Wildman–Crippen MR) is 71.2 cm³/mol. The van der Waals surface area contributed by atoms with E-state index in [9.17, 15) is 4.79 Å². The third-order valence-corrected chi connectivity index (χ3v) is 3.69. The number of hydrogen-bond acceptors (Lipinski definition) is 5. The monoisotopic (exact) mass is 270 g/mol. The van der Waals surface area contributed by atoms with Gasteiger partial charge in [-0.1, -0.05) is 11.2 Å². The Balaban J connectivity index is 1.51. The molecule has 4 rings (SSSR count). The number of benzene rings is 1. The molecule has 0 unspecified atom stereocenters. The highest BCUT2D eigenvalue weighted by Gasteiger charge is 2.29. The molecule has 6 heteroatoms. The van der Waals surface area contributed by atoms with Gasteiger partial charge in [-0.05, 0) is 36.1 Å². The molecule has 102 valence electrons. The fraction of sp³-hybridized carbons (Fsp3) is 0.357. The van der Waals surface area contributed by atoms with Crippen LogP contribution in [0.5, 0.6) is 0 Å². The molecule has 0 bridgehead atoms. The lowest BCUT2D eigenvalue weighted by Gasteiger charge is -2.03. The van der Waals surface area contributed by atoms with Gasteiger partial charge in [-0.2, -0.15) is 0 Å². The fourth-order valence-corrected chi connectivity index (χ4v) is 2.39. The van der Waals surface area contributed by atoms with Gasteiger partial charge in [0.2, 0.25) is 5.89 Å². The minimum Gasteiger partial charge on any atom is -0.408 e. The average Bonchev–Trinajstić information content (AvgIpc) is 3.02. The lowest BCUT2D eigenvalue weighted by atomic mass is 10.1. The Labute approximate surface area is 115 Å². The number of amides is 1. The fourth-order valence-electron chi connectivity index (χ4n) is 2.39. The molecule has 2 aliphatic rings. The van der Waals surface area contributed by atoms with Crippen LogP contribution in [-0.4, -0.2) is 16.1 Å². The van der Waals surface area contributed by atoms with Crippen LogP contribution in [0.2, 0.25) is 0 Å². The standard InChI is InChI=1S/C14H14N4O2/c19-12(9-3-4-10-6-15-7-11(10)5-9)16-14-18-17-13(20-14)8-1-2-8/h3-5,8,15H,1-2,6-7H2,(H,16,18,19). The van der Waals surface area contributed by atoms with Gasteiger partial charge in [0.05, 0.1) is 0 Å². The lowest BCUT2D eigenvalue weighted by Crippen LogP contribution is -2.12. The minimum atomic E-state index is -0.217. The number of carbonyl (C=O) groups is 1. The Bertz CT molecular complexity index is 676. The van der Waals surface area contributed by atoms with Crippen molar-refractivity contribution in [3.8, 4) is 0 Å². The highest BCUT2D eigenvalue weighted by atomic mass is 16.4. The van der Waals surface area contributed by atoms with Crippen LogP contribution >= 0.6 is 0 Å². The summed E-state index contributed by atoms with van der Waals surface area (Å²) < 4.78 is 5.43. The SMILES string of the molecule is O=C(Nc1nnc(C2CC2)o1)c1ccc2c(c1)CNC2. The molecule has 1 amide bonds. The first kappa shape index (κ1) is 11.6. The normalized spacial score (nSPS) is 17.0. The van der Waals surface area contributed by atoms with Crippen LogP contribution in [0.25, 0.3) is 0 Å². The van der Waals surface area contributed by atoms with E-state index in [-0.39, 0.29) is 11.9 Å². The second-order valence-electron chi connectivity index (χ2n) is 5.26. The molecule has 2 heterocycles. The smallest absolute Gasteiger partial charge is 0.322 e. The van der Waals surface area contributed by atoms with Gasteiger partial charge in [-0.25, -0.2) is 0 Å². The van der Waals surface area contributed by atoms with Gasteiger partial charge in [-0.15, -0.1) is 5.10 Å². The zero-order valence-corrected chi connectivity index (χ0v) is 10.8. The number of fused-ring (bicyclic) bond motifs is 1. The number of carbonyl (C=O) groups excluding carboxylic acids is 1. The Morgan fingerprint density at radius 3 is 2.95 bits per heavy atom. The number of aromatic nitrogens is 2. The van der Waals surface area contributed by atoms with Crippen molar-refractivity contribution in [2.75, 3.05) is 5.32 Å². The van der Waals surface area contributed by atoms with E-state index in [0.717, 1.165) is 25.9 Å². The second-order valence-corrected chi connectivity index (χ2v) is 5.26. The van der Waals surface area contributed by atoms with E-state index >= 15 is 0 Å². The van der Waals surface area contributed by atoms with E-state index in [1.165, 1.54) is 11.1 Å². The number of hydrogen-bond donors (Lipinski definition) is 2. The largest absolute Gasteiger partial charge is 0.408 e. The molecule has 1 aromatic heterocycles. The third-order valence-electron chi connectivity index (χ3n) is 3.69. The molecular formula is C14H14N4O2. The summed E-state index contributed by atoms with van der Waals surface area (Å²) in [7, 11) is 0. The summed E-state index contributed by atoms with van der Waals surface area (Å²) in [5, 5.41) is 13.7. The number of nitrogens with zero attached hydrogens (tertiary/aromatic N) is 2. The Kier molecular flexibility index (Phi) is 2.56. The van der Waals surface area contributed by atoms with Crippen LogP contribution in [-0.2, 0) is 13.1 Å². The number of rotatable bonds is 3. The molecule has 1 aliphatic carbocycles. The molecule has 0 spiro atoms. The summed E-state index contributed by atoms with van der Waals surface area (Å²) in [6.07, 6.45) is 2.18. The summed E-state index contributed by atoms with van der Waals surface area (Å²) in [6, 6.07) is 5.88. The number of nitrogens with one attached hydrogen (secondary N) is 2. The van der Waals surface area contributed by atoms with Gasteiger partial charge in [0, 0.05) is 24.6 Å². The Morgan fingerprint density at radius 1 is 1.25 bits per heavy atom. The molecule has 2 N–H and O–H groups in total. The summed E-state index contributed by atoms with van der Waals surface area (Å²) in [5.41, 5.74) is 3.02. The van der Waals surface area contributed by atoms with Crippen LogP contribution in [0.1, 0.15) is 46.1 Å². The summed E-state index contributed by atoms with van der Waals surface area (Å²) >= 11 is 0. The summed E-state index contributed by atoms with van der Waals surface area (Å²) in [4.78, 5) is 12.1. The zero-order valence-electron chi connectivity index (χ0n) is 10.8. The molecule has 0 radical (unpaired) electrons. The first-order valence-corrected chi connectivity index (χ1v) is 6.77. The van der Waals surface area contributed by atoms with Crippen LogP contribution in [0.15, 0.2) is 22.6 Å². The molecule has 1 aromatic carbocycles. The van der Waals surface area contributed by atoms with E-state index in [1.54, 1.807) is 0 Å². The van der Waals surface area contributed by atoms with E-state index in [2.05, 4.69) is 20.8 Å². The maximum absolute atomic E-state index is 12.1. The molecule has 0 saturated heterocycles. The van der Waals surface area contributed by atoms with Crippen molar-refractivity contribution in [1.29, 1.82) is 0 Å². The van der Waals surface area contributed by atoms with Crippen LogP contribution in [0.3, 0.4) is 0 Å². The zero-order chi connectivity index (χ0) is 13.5. The van der Waals surface area contributed by atoms with Crippen LogP contribution in [0, 0.1) is 0 Å². The molecule has 2 aromatic rings. The average molecular weight is 270 g/mol. The maximum atomic E-state index is 12.1. The predicted octanol–water partition coefficient (Wildman–Crippen LogP) is 1.80. The molecule has 20 heavy (non-hydrogen) atoms. The lowest BCUT2D eigenvalue weighted by molar-refractivity contribution is 0.102. The van der Waals surface area contributed by atoms with Crippen LogP contribution < -0.4 is 10.6 Å². The molecule has 6 nitrogen and oxygen atoms in total. The minimum absolute atomic E-state index is 0.176.